The van der Waals surface area contributed by atoms with E-state index in [-0.39, 0.29) is 11.5 Å². The van der Waals surface area contributed by atoms with E-state index < -0.39 is 0 Å². The number of aromatic hydroxyl groups is 2. The summed E-state index contributed by atoms with van der Waals surface area (Å²) in [6, 6.07) is 16.1. The highest BCUT2D eigenvalue weighted by Crippen LogP contribution is 2.21. The lowest BCUT2D eigenvalue weighted by molar-refractivity contribution is 0.404. The van der Waals surface area contributed by atoms with E-state index in [0.717, 1.165) is 11.3 Å². The van der Waals surface area contributed by atoms with Gasteiger partial charge in [-0.25, -0.2) is 0 Å². The summed E-state index contributed by atoms with van der Waals surface area (Å²) in [6.45, 7) is 0. The maximum Gasteiger partial charge on any atom is 0.157 e. The molecular weight excluding hydrogens is 228 g/mol. The predicted molar refractivity (Wildman–Crippen MR) is 72.5 cm³/mol. The van der Waals surface area contributed by atoms with Crippen LogP contribution in [0.1, 0.15) is 0 Å². The lowest BCUT2D eigenvalue weighted by Crippen LogP contribution is -1.80. The van der Waals surface area contributed by atoms with E-state index >= 15 is 0 Å². The summed E-state index contributed by atoms with van der Waals surface area (Å²) in [7, 11) is 0. The van der Waals surface area contributed by atoms with Gasteiger partial charge in [-0.05, 0) is 24.3 Å². The van der Waals surface area contributed by atoms with Crippen LogP contribution in [0, 0.1) is 0 Å². The fourth-order valence-corrected chi connectivity index (χ4v) is 1.56. The Morgan fingerprint density at radius 2 is 1.39 bits per heavy atom. The van der Waals surface area contributed by atoms with Crippen molar-refractivity contribution in [2.24, 2.45) is 0 Å². The fraction of sp³-hybridized carbons (Fsp3) is 0. The molecule has 0 unspecified atom stereocenters. The van der Waals surface area contributed by atoms with Crippen LogP contribution in [-0.2, 0) is 0 Å². The Bertz CT molecular complexity index is 593. The molecule has 92 valence electrons. The summed E-state index contributed by atoms with van der Waals surface area (Å²) < 4.78 is 0. The van der Waals surface area contributed by atoms with Crippen molar-refractivity contribution in [2.45, 2.75) is 0 Å². The average molecular weight is 242 g/mol. The first-order chi connectivity index (χ1) is 8.66. The van der Waals surface area contributed by atoms with Gasteiger partial charge in [-0.15, -0.1) is 0 Å². The molecule has 4 nitrogen and oxygen atoms in total. The molecule has 5 N–H and O–H groups in total. The highest BCUT2D eigenvalue weighted by Gasteiger charge is 1.93. The molecule has 2 aromatic carbocycles. The molecule has 3 rings (SSSR count). The lowest BCUT2D eigenvalue weighted by Gasteiger charge is -1.91. The quantitative estimate of drug-likeness (QED) is 0.457. The molecule has 3 aromatic rings. The van der Waals surface area contributed by atoms with Crippen LogP contribution in [0.5, 0.6) is 11.5 Å². The van der Waals surface area contributed by atoms with Crippen LogP contribution in [0.15, 0.2) is 54.6 Å². The van der Waals surface area contributed by atoms with Crippen molar-refractivity contribution < 1.29 is 10.2 Å². The van der Waals surface area contributed by atoms with E-state index in [2.05, 4.69) is 4.98 Å². The second kappa shape index (κ2) is 5.14. The van der Waals surface area contributed by atoms with Crippen molar-refractivity contribution >= 4 is 16.7 Å². The maximum absolute atomic E-state index is 8.67. The minimum atomic E-state index is -0.0764. The Morgan fingerprint density at radius 3 is 1.94 bits per heavy atom. The van der Waals surface area contributed by atoms with Crippen LogP contribution in [0.3, 0.4) is 0 Å². The molecule has 0 aliphatic heterocycles. The smallest absolute Gasteiger partial charge is 0.157 e. The van der Waals surface area contributed by atoms with Crippen LogP contribution < -0.4 is 5.73 Å². The zero-order valence-electron chi connectivity index (χ0n) is 9.67. The van der Waals surface area contributed by atoms with Gasteiger partial charge in [-0.1, -0.05) is 30.3 Å². The molecule has 4 heteroatoms. The normalized spacial score (nSPS) is 9.78. The molecule has 18 heavy (non-hydrogen) atoms. The number of nitrogens with two attached hydrogens (primary N) is 1. The number of phenols is 2. The number of aromatic amines is 1. The van der Waals surface area contributed by atoms with Crippen LogP contribution in [0.4, 0.5) is 5.82 Å². The Hall–Kier alpha value is -2.62. The molecular formula is C14H14N2O2. The fourth-order valence-electron chi connectivity index (χ4n) is 1.56. The van der Waals surface area contributed by atoms with E-state index in [0.29, 0.717) is 0 Å². The summed E-state index contributed by atoms with van der Waals surface area (Å²) in [5.41, 5.74) is 6.63. The average Bonchev–Trinajstić information content (AvgIpc) is 2.74. The number of nitrogens with one attached hydrogen (secondary N) is 1. The standard InChI is InChI=1S/C8H8N2.C6H6O2/c9-8-5-6-3-1-2-4-7(6)10-8;7-5-3-1-2-4-6(5)8/h1-5,10H,9H2;1-4,7-8H. The van der Waals surface area contributed by atoms with Crippen molar-refractivity contribution in [3.63, 3.8) is 0 Å². The van der Waals surface area contributed by atoms with Crippen molar-refractivity contribution in [1.29, 1.82) is 0 Å². The van der Waals surface area contributed by atoms with E-state index in [1.54, 1.807) is 12.1 Å². The van der Waals surface area contributed by atoms with Gasteiger partial charge >= 0.3 is 0 Å². The summed E-state index contributed by atoms with van der Waals surface area (Å²) >= 11 is 0. The number of fused-ring (bicyclic) bond motifs is 1. The van der Waals surface area contributed by atoms with Crippen molar-refractivity contribution in [2.75, 3.05) is 5.73 Å². The van der Waals surface area contributed by atoms with Gasteiger partial charge < -0.3 is 20.9 Å². The van der Waals surface area contributed by atoms with E-state index in [9.17, 15) is 0 Å². The number of hydrogen-bond donors (Lipinski definition) is 4. The monoisotopic (exact) mass is 242 g/mol. The molecule has 0 spiro atoms. The Kier molecular flexibility index (Phi) is 3.38. The molecule has 1 heterocycles. The molecule has 0 amide bonds. The predicted octanol–water partition coefficient (Wildman–Crippen LogP) is 2.85. The number of para-hydroxylation sites is 3. The number of nitrogen functional groups attached to an aromatic ring is 1. The Balaban J connectivity index is 0.000000138. The van der Waals surface area contributed by atoms with Gasteiger partial charge in [0.2, 0.25) is 0 Å². The molecule has 0 fully saturated rings. The van der Waals surface area contributed by atoms with Crippen molar-refractivity contribution in [3.8, 4) is 11.5 Å². The summed E-state index contributed by atoms with van der Waals surface area (Å²) in [5, 5.41) is 18.5. The topological polar surface area (TPSA) is 82.3 Å². The zero-order chi connectivity index (χ0) is 13.0. The molecule has 0 saturated carbocycles. The van der Waals surface area contributed by atoms with E-state index in [4.69, 9.17) is 15.9 Å². The molecule has 0 atom stereocenters. The third kappa shape index (κ3) is 2.74. The second-order valence-electron chi connectivity index (χ2n) is 3.80. The summed E-state index contributed by atoms with van der Waals surface area (Å²) in [5.74, 6) is 0.571. The highest BCUT2D eigenvalue weighted by atomic mass is 16.3. The maximum atomic E-state index is 8.67. The first-order valence-electron chi connectivity index (χ1n) is 5.47. The van der Waals surface area contributed by atoms with Gasteiger partial charge in [-0.2, -0.15) is 0 Å². The molecule has 0 aliphatic rings. The lowest BCUT2D eigenvalue weighted by atomic mass is 10.3. The van der Waals surface area contributed by atoms with Crippen molar-refractivity contribution in [1.82, 2.24) is 4.98 Å². The number of rotatable bonds is 0. The number of aromatic nitrogens is 1. The van der Waals surface area contributed by atoms with Gasteiger partial charge in [0, 0.05) is 10.9 Å². The third-order valence-electron chi connectivity index (χ3n) is 2.43. The SMILES string of the molecule is Nc1cc2ccccc2[nH]1.Oc1ccccc1O. The second-order valence-corrected chi connectivity index (χ2v) is 3.80. The first kappa shape index (κ1) is 11.9. The van der Waals surface area contributed by atoms with Gasteiger partial charge in [0.15, 0.2) is 11.5 Å². The Labute approximate surface area is 104 Å². The van der Waals surface area contributed by atoms with Gasteiger partial charge in [0.05, 0.1) is 0 Å². The molecule has 0 radical (unpaired) electrons. The van der Waals surface area contributed by atoms with Crippen LogP contribution >= 0.6 is 0 Å². The van der Waals surface area contributed by atoms with Gasteiger partial charge in [0.1, 0.15) is 5.82 Å². The number of benzene rings is 2. The van der Waals surface area contributed by atoms with Crippen LogP contribution in [0.2, 0.25) is 0 Å². The molecule has 1 aromatic heterocycles. The molecule has 0 bridgehead atoms. The number of anilines is 1. The summed E-state index contributed by atoms with van der Waals surface area (Å²) in [6.07, 6.45) is 0. The third-order valence-corrected chi connectivity index (χ3v) is 2.43. The number of H-pyrrole nitrogens is 1. The Morgan fingerprint density at radius 1 is 0.833 bits per heavy atom. The van der Waals surface area contributed by atoms with Crippen molar-refractivity contribution in [3.05, 3.63) is 54.6 Å². The van der Waals surface area contributed by atoms with E-state index in [1.807, 2.05) is 30.3 Å². The molecule has 0 aliphatic carbocycles. The minimum Gasteiger partial charge on any atom is -0.504 e. The van der Waals surface area contributed by atoms with Gasteiger partial charge in [0.25, 0.3) is 0 Å². The highest BCUT2D eigenvalue weighted by molar-refractivity contribution is 5.82. The largest absolute Gasteiger partial charge is 0.504 e. The first-order valence-corrected chi connectivity index (χ1v) is 5.47. The van der Waals surface area contributed by atoms with E-state index in [1.165, 1.54) is 17.5 Å². The minimum absolute atomic E-state index is 0.0764. The number of hydrogen-bond acceptors (Lipinski definition) is 3. The van der Waals surface area contributed by atoms with Crippen LogP contribution in [-0.4, -0.2) is 15.2 Å². The summed E-state index contributed by atoms with van der Waals surface area (Å²) in [4.78, 5) is 3.04. The van der Waals surface area contributed by atoms with Crippen LogP contribution in [0.25, 0.3) is 10.9 Å². The number of phenolic OH excluding ortho intramolecular Hbond substituents is 2. The molecule has 0 saturated heterocycles. The van der Waals surface area contributed by atoms with Gasteiger partial charge in [-0.3, -0.25) is 0 Å². The zero-order valence-corrected chi connectivity index (χ0v) is 9.67.